The number of aliphatic hydroxyl groups is 1. The summed E-state index contributed by atoms with van der Waals surface area (Å²) in [6, 6.07) is 18.1. The van der Waals surface area contributed by atoms with Gasteiger partial charge in [0.05, 0.1) is 19.3 Å². The minimum absolute atomic E-state index is 0.232. The summed E-state index contributed by atoms with van der Waals surface area (Å²) in [5.41, 5.74) is 10.7. The highest BCUT2D eigenvalue weighted by Gasteiger charge is 2.49. The fourth-order valence-corrected chi connectivity index (χ4v) is 3.43. The van der Waals surface area contributed by atoms with Crippen molar-refractivity contribution in [2.45, 2.75) is 43.5 Å². The Morgan fingerprint density at radius 2 is 1.79 bits per heavy atom. The third-order valence-corrected chi connectivity index (χ3v) is 4.85. The third-order valence-electron chi connectivity index (χ3n) is 4.85. The zero-order valence-corrected chi connectivity index (χ0v) is 15.1. The summed E-state index contributed by atoms with van der Waals surface area (Å²) in [7, 11) is 0. The van der Waals surface area contributed by atoms with Crippen LogP contribution in [0.4, 0.5) is 0 Å². The summed E-state index contributed by atoms with van der Waals surface area (Å²) >= 11 is 0. The lowest BCUT2D eigenvalue weighted by molar-refractivity contribution is -0.343. The number of rotatable bonds is 5. The second-order valence-corrected chi connectivity index (χ2v) is 6.70. The first-order valence-electron chi connectivity index (χ1n) is 9.11. The molecular formula is C20H21N3O5. The van der Waals surface area contributed by atoms with Gasteiger partial charge in [-0.05, 0) is 11.1 Å². The van der Waals surface area contributed by atoms with Crippen molar-refractivity contribution in [1.82, 2.24) is 0 Å². The van der Waals surface area contributed by atoms with Gasteiger partial charge in [0.25, 0.3) is 0 Å². The Morgan fingerprint density at radius 1 is 1.07 bits per heavy atom. The van der Waals surface area contributed by atoms with E-state index in [1.54, 1.807) is 0 Å². The molecule has 2 saturated heterocycles. The van der Waals surface area contributed by atoms with Gasteiger partial charge in [0, 0.05) is 10.5 Å². The van der Waals surface area contributed by atoms with Gasteiger partial charge in [-0.25, -0.2) is 0 Å². The number of benzene rings is 2. The maximum atomic E-state index is 10.8. The highest BCUT2D eigenvalue weighted by molar-refractivity contribution is 5.17. The highest BCUT2D eigenvalue weighted by Crippen LogP contribution is 2.35. The van der Waals surface area contributed by atoms with Crippen LogP contribution in [0.25, 0.3) is 10.4 Å². The van der Waals surface area contributed by atoms with Crippen LogP contribution in [-0.4, -0.2) is 42.4 Å². The lowest BCUT2D eigenvalue weighted by atomic mass is 9.96. The number of nitrogens with zero attached hydrogens (tertiary/aromatic N) is 3. The topological polar surface area (TPSA) is 106 Å². The highest BCUT2D eigenvalue weighted by atomic mass is 16.7. The molecule has 2 fully saturated rings. The molecule has 2 aliphatic heterocycles. The number of ether oxygens (including phenoxy) is 4. The molecular weight excluding hydrogens is 362 g/mol. The number of hydrogen-bond acceptors (Lipinski definition) is 6. The van der Waals surface area contributed by atoms with Crippen LogP contribution in [0.15, 0.2) is 65.8 Å². The predicted molar refractivity (Wildman–Crippen MR) is 98.8 cm³/mol. The van der Waals surface area contributed by atoms with Crippen LogP contribution in [0.5, 0.6) is 0 Å². The molecule has 28 heavy (non-hydrogen) atoms. The van der Waals surface area contributed by atoms with Crippen molar-refractivity contribution in [3.63, 3.8) is 0 Å². The molecule has 2 aromatic rings. The Kier molecular flexibility index (Phi) is 5.87. The minimum Gasteiger partial charge on any atom is -0.390 e. The smallest absolute Gasteiger partial charge is 0.184 e. The van der Waals surface area contributed by atoms with E-state index in [4.69, 9.17) is 24.5 Å². The molecule has 2 heterocycles. The summed E-state index contributed by atoms with van der Waals surface area (Å²) in [5.74, 6) is 0. The first kappa shape index (κ1) is 18.9. The normalized spacial score (nSPS) is 32.2. The van der Waals surface area contributed by atoms with Crippen LogP contribution in [-0.2, 0) is 25.6 Å². The van der Waals surface area contributed by atoms with Gasteiger partial charge in [0.1, 0.15) is 18.2 Å². The Bertz CT molecular complexity index is 815. The van der Waals surface area contributed by atoms with Gasteiger partial charge in [-0.3, -0.25) is 0 Å². The molecule has 0 saturated carbocycles. The second-order valence-electron chi connectivity index (χ2n) is 6.70. The van der Waals surface area contributed by atoms with E-state index in [0.717, 1.165) is 11.1 Å². The fourth-order valence-electron chi connectivity index (χ4n) is 3.43. The standard InChI is InChI=1S/C20H21N3O5/c21-23-22-16-17(24)18-15(12-26-19(28-18)14-9-5-2-6-10-14)27-20(16)25-11-13-7-3-1-4-8-13/h1-10,15-20,24H,11-12H2/t15-,16-,17-,18+,19+,20-/m1/s1. The van der Waals surface area contributed by atoms with E-state index in [1.165, 1.54) is 0 Å². The summed E-state index contributed by atoms with van der Waals surface area (Å²) in [4.78, 5) is 2.85. The molecule has 0 unspecified atom stereocenters. The van der Waals surface area contributed by atoms with E-state index in [2.05, 4.69) is 10.0 Å². The van der Waals surface area contributed by atoms with Crippen molar-refractivity contribution < 1.29 is 24.1 Å². The van der Waals surface area contributed by atoms with E-state index in [9.17, 15) is 5.11 Å². The average Bonchev–Trinajstić information content (AvgIpc) is 2.76. The molecule has 4 rings (SSSR count). The molecule has 146 valence electrons. The van der Waals surface area contributed by atoms with Gasteiger partial charge in [0.2, 0.25) is 0 Å². The van der Waals surface area contributed by atoms with Gasteiger partial charge >= 0.3 is 0 Å². The van der Waals surface area contributed by atoms with E-state index in [-0.39, 0.29) is 13.2 Å². The van der Waals surface area contributed by atoms with Gasteiger partial charge in [0.15, 0.2) is 12.6 Å². The fraction of sp³-hybridized carbons (Fsp3) is 0.400. The maximum absolute atomic E-state index is 10.8. The number of aliphatic hydroxyl groups excluding tert-OH is 1. The molecule has 8 nitrogen and oxygen atoms in total. The molecule has 0 amide bonds. The Hall–Kier alpha value is -2.45. The summed E-state index contributed by atoms with van der Waals surface area (Å²) in [6.45, 7) is 0.497. The van der Waals surface area contributed by atoms with Gasteiger partial charge in [-0.1, -0.05) is 65.8 Å². The van der Waals surface area contributed by atoms with Gasteiger partial charge in [-0.15, -0.1) is 0 Å². The van der Waals surface area contributed by atoms with Crippen molar-refractivity contribution in [3.8, 4) is 0 Å². The molecule has 0 aliphatic carbocycles. The van der Waals surface area contributed by atoms with Gasteiger partial charge in [-0.2, -0.15) is 0 Å². The molecule has 1 N–H and O–H groups in total. The lowest BCUT2D eigenvalue weighted by Gasteiger charge is -2.46. The van der Waals surface area contributed by atoms with E-state index in [0.29, 0.717) is 0 Å². The van der Waals surface area contributed by atoms with Crippen LogP contribution in [0.2, 0.25) is 0 Å². The molecule has 0 radical (unpaired) electrons. The van der Waals surface area contributed by atoms with Crippen molar-refractivity contribution in [1.29, 1.82) is 0 Å². The van der Waals surface area contributed by atoms with Crippen LogP contribution in [0.1, 0.15) is 17.4 Å². The summed E-state index contributed by atoms with van der Waals surface area (Å²) in [6.07, 6.45) is -3.81. The lowest BCUT2D eigenvalue weighted by Crippen LogP contribution is -2.61. The van der Waals surface area contributed by atoms with Crippen molar-refractivity contribution >= 4 is 0 Å². The summed E-state index contributed by atoms with van der Waals surface area (Å²) in [5, 5.41) is 14.5. The van der Waals surface area contributed by atoms with Crippen molar-refractivity contribution in [2.24, 2.45) is 5.11 Å². The minimum atomic E-state index is -1.08. The number of fused-ring (bicyclic) bond motifs is 1. The quantitative estimate of drug-likeness (QED) is 0.485. The SMILES string of the molecule is [N-]=[N+]=N[C@H]1[C@H](OCc2ccccc2)O[C@@H]2CO[C@H](c3ccccc3)O[C@@H]2[C@@H]1O. The van der Waals surface area contributed by atoms with Crippen LogP contribution >= 0.6 is 0 Å². The molecule has 2 aromatic carbocycles. The molecule has 0 bridgehead atoms. The monoisotopic (exact) mass is 383 g/mol. The zero-order valence-electron chi connectivity index (χ0n) is 15.1. The van der Waals surface area contributed by atoms with Gasteiger partial charge < -0.3 is 24.1 Å². The number of azide groups is 1. The Balaban J connectivity index is 1.47. The largest absolute Gasteiger partial charge is 0.390 e. The Labute approximate surface area is 162 Å². The van der Waals surface area contributed by atoms with Crippen LogP contribution < -0.4 is 0 Å². The molecule has 8 heteroatoms. The van der Waals surface area contributed by atoms with Crippen LogP contribution in [0.3, 0.4) is 0 Å². The van der Waals surface area contributed by atoms with Crippen molar-refractivity contribution in [2.75, 3.05) is 6.61 Å². The average molecular weight is 383 g/mol. The molecule has 0 spiro atoms. The van der Waals surface area contributed by atoms with E-state index < -0.39 is 36.9 Å². The first-order valence-corrected chi connectivity index (χ1v) is 9.11. The predicted octanol–water partition coefficient (Wildman–Crippen LogP) is 3.08. The zero-order chi connectivity index (χ0) is 19.3. The van der Waals surface area contributed by atoms with Crippen LogP contribution in [0, 0.1) is 0 Å². The van der Waals surface area contributed by atoms with E-state index >= 15 is 0 Å². The number of hydrogen-bond donors (Lipinski definition) is 1. The maximum Gasteiger partial charge on any atom is 0.184 e. The Morgan fingerprint density at radius 3 is 2.50 bits per heavy atom. The third kappa shape index (κ3) is 4.02. The summed E-state index contributed by atoms with van der Waals surface area (Å²) < 4.78 is 23.5. The van der Waals surface area contributed by atoms with E-state index in [1.807, 2.05) is 60.7 Å². The second kappa shape index (κ2) is 8.70. The molecule has 0 aromatic heterocycles. The first-order chi connectivity index (χ1) is 13.8. The van der Waals surface area contributed by atoms with Crippen molar-refractivity contribution in [3.05, 3.63) is 82.2 Å². The molecule has 2 aliphatic rings. The molecule has 6 atom stereocenters.